The lowest BCUT2D eigenvalue weighted by Gasteiger charge is -2.46. The van der Waals surface area contributed by atoms with Crippen molar-refractivity contribution < 1.29 is 9.90 Å². The summed E-state index contributed by atoms with van der Waals surface area (Å²) in [6.07, 6.45) is 4.86. The fraction of sp³-hybridized carbons (Fsp3) is 0.611. The van der Waals surface area contributed by atoms with E-state index in [0.29, 0.717) is 5.41 Å². The molecule has 2 saturated heterocycles. The van der Waals surface area contributed by atoms with Crippen molar-refractivity contribution in [2.75, 3.05) is 32.7 Å². The maximum absolute atomic E-state index is 10.8. The minimum atomic E-state index is -0.700. The van der Waals surface area contributed by atoms with Crippen molar-refractivity contribution in [3.8, 4) is 0 Å². The highest BCUT2D eigenvalue weighted by Gasteiger charge is 2.37. The van der Waals surface area contributed by atoms with Gasteiger partial charge in [0, 0.05) is 6.54 Å². The number of piperidine rings is 2. The molecule has 0 amide bonds. The van der Waals surface area contributed by atoms with Crippen LogP contribution in [0.15, 0.2) is 30.3 Å². The highest BCUT2D eigenvalue weighted by molar-refractivity contribution is 5.69. The molecule has 0 aliphatic carbocycles. The van der Waals surface area contributed by atoms with Crippen LogP contribution in [0.2, 0.25) is 0 Å². The lowest BCUT2D eigenvalue weighted by Crippen LogP contribution is -2.47. The Balaban J connectivity index is 1.47. The van der Waals surface area contributed by atoms with Crippen LogP contribution in [0.1, 0.15) is 31.2 Å². The molecular weight excluding hydrogens is 276 g/mol. The van der Waals surface area contributed by atoms with Gasteiger partial charge in [-0.2, -0.15) is 0 Å². The van der Waals surface area contributed by atoms with Crippen LogP contribution < -0.4 is 0 Å². The summed E-state index contributed by atoms with van der Waals surface area (Å²) in [6.45, 7) is 5.51. The molecule has 2 aliphatic rings. The highest BCUT2D eigenvalue weighted by Crippen LogP contribution is 2.41. The van der Waals surface area contributed by atoms with E-state index in [1.165, 1.54) is 44.3 Å². The number of carboxylic acids is 1. The normalized spacial score (nSPS) is 22.7. The van der Waals surface area contributed by atoms with Gasteiger partial charge in [-0.3, -0.25) is 14.6 Å². The molecule has 0 atom stereocenters. The van der Waals surface area contributed by atoms with Gasteiger partial charge >= 0.3 is 5.97 Å². The predicted molar refractivity (Wildman–Crippen MR) is 86.7 cm³/mol. The van der Waals surface area contributed by atoms with Gasteiger partial charge in [-0.1, -0.05) is 30.3 Å². The molecule has 0 unspecified atom stereocenters. The molecule has 0 aromatic heterocycles. The third-order valence-corrected chi connectivity index (χ3v) is 5.44. The zero-order valence-corrected chi connectivity index (χ0v) is 13.2. The van der Waals surface area contributed by atoms with Crippen LogP contribution in [0.25, 0.3) is 0 Å². The lowest BCUT2D eigenvalue weighted by molar-refractivity contribution is -0.139. The molecule has 1 spiro atoms. The third-order valence-electron chi connectivity index (χ3n) is 5.44. The summed E-state index contributed by atoms with van der Waals surface area (Å²) in [5, 5.41) is 8.89. The Hall–Kier alpha value is -1.39. The van der Waals surface area contributed by atoms with E-state index in [9.17, 15) is 4.79 Å². The summed E-state index contributed by atoms with van der Waals surface area (Å²) in [7, 11) is 0. The quantitative estimate of drug-likeness (QED) is 0.928. The van der Waals surface area contributed by atoms with Gasteiger partial charge in [0.15, 0.2) is 0 Å². The monoisotopic (exact) mass is 302 g/mol. The summed E-state index contributed by atoms with van der Waals surface area (Å²) >= 11 is 0. The molecule has 1 aromatic carbocycles. The summed E-state index contributed by atoms with van der Waals surface area (Å²) in [5.41, 5.74) is 1.87. The van der Waals surface area contributed by atoms with Crippen LogP contribution in [0.5, 0.6) is 0 Å². The van der Waals surface area contributed by atoms with Crippen molar-refractivity contribution in [2.24, 2.45) is 5.41 Å². The molecule has 0 saturated carbocycles. The number of aliphatic carboxylic acids is 1. The Morgan fingerprint density at radius 3 is 2.05 bits per heavy atom. The third kappa shape index (κ3) is 3.87. The molecule has 1 aromatic rings. The maximum Gasteiger partial charge on any atom is 0.317 e. The molecule has 3 rings (SSSR count). The SMILES string of the molecule is O=C(O)CN1CCC2(CC1)CCN(Cc1ccccc1)CC2. The van der Waals surface area contributed by atoms with E-state index in [4.69, 9.17) is 5.11 Å². The molecule has 22 heavy (non-hydrogen) atoms. The molecule has 1 N–H and O–H groups in total. The molecule has 2 aliphatic heterocycles. The Morgan fingerprint density at radius 2 is 1.50 bits per heavy atom. The minimum absolute atomic E-state index is 0.205. The van der Waals surface area contributed by atoms with Gasteiger partial charge in [-0.15, -0.1) is 0 Å². The summed E-state index contributed by atoms with van der Waals surface area (Å²) < 4.78 is 0. The fourth-order valence-corrected chi connectivity index (χ4v) is 3.90. The second-order valence-corrected chi connectivity index (χ2v) is 6.93. The fourth-order valence-electron chi connectivity index (χ4n) is 3.90. The van der Waals surface area contributed by atoms with Crippen molar-refractivity contribution in [1.82, 2.24) is 9.80 Å². The number of likely N-dealkylation sites (tertiary alicyclic amines) is 2. The van der Waals surface area contributed by atoms with Crippen molar-refractivity contribution in [3.63, 3.8) is 0 Å². The van der Waals surface area contributed by atoms with Gasteiger partial charge in [0.05, 0.1) is 6.54 Å². The number of carbonyl (C=O) groups is 1. The minimum Gasteiger partial charge on any atom is -0.480 e. The van der Waals surface area contributed by atoms with E-state index in [0.717, 1.165) is 19.6 Å². The molecular formula is C18H26N2O2. The van der Waals surface area contributed by atoms with Gasteiger partial charge in [-0.05, 0) is 62.8 Å². The van der Waals surface area contributed by atoms with E-state index in [-0.39, 0.29) is 6.54 Å². The van der Waals surface area contributed by atoms with Crippen LogP contribution in [0, 0.1) is 5.41 Å². The van der Waals surface area contributed by atoms with Crippen LogP contribution in [0.4, 0.5) is 0 Å². The van der Waals surface area contributed by atoms with E-state index in [1.807, 2.05) is 0 Å². The molecule has 2 fully saturated rings. The number of hydrogen-bond donors (Lipinski definition) is 1. The smallest absolute Gasteiger partial charge is 0.317 e. The zero-order valence-electron chi connectivity index (χ0n) is 13.2. The average Bonchev–Trinajstić information content (AvgIpc) is 2.53. The Bertz CT molecular complexity index is 485. The number of benzene rings is 1. The van der Waals surface area contributed by atoms with E-state index in [1.54, 1.807) is 0 Å². The Labute approximate surface area is 132 Å². The molecule has 2 heterocycles. The molecule has 0 bridgehead atoms. The van der Waals surface area contributed by atoms with Crippen LogP contribution in [-0.4, -0.2) is 53.6 Å². The van der Waals surface area contributed by atoms with Gasteiger partial charge in [0.25, 0.3) is 0 Å². The van der Waals surface area contributed by atoms with E-state index >= 15 is 0 Å². The number of hydrogen-bond acceptors (Lipinski definition) is 3. The van der Waals surface area contributed by atoms with Crippen LogP contribution in [-0.2, 0) is 11.3 Å². The van der Waals surface area contributed by atoms with E-state index in [2.05, 4.69) is 40.1 Å². The van der Waals surface area contributed by atoms with Crippen molar-refractivity contribution in [2.45, 2.75) is 32.2 Å². The molecule has 0 radical (unpaired) electrons. The van der Waals surface area contributed by atoms with Gasteiger partial charge in [0.1, 0.15) is 0 Å². The molecule has 4 heteroatoms. The largest absolute Gasteiger partial charge is 0.480 e. The number of rotatable bonds is 4. The van der Waals surface area contributed by atoms with Crippen molar-refractivity contribution in [3.05, 3.63) is 35.9 Å². The number of carboxylic acid groups (broad SMARTS) is 1. The Morgan fingerprint density at radius 1 is 0.955 bits per heavy atom. The van der Waals surface area contributed by atoms with Gasteiger partial charge in [-0.25, -0.2) is 0 Å². The van der Waals surface area contributed by atoms with Crippen molar-refractivity contribution in [1.29, 1.82) is 0 Å². The summed E-state index contributed by atoms with van der Waals surface area (Å²) in [4.78, 5) is 15.5. The Kier molecular flexibility index (Phi) is 4.79. The lowest BCUT2D eigenvalue weighted by atomic mass is 9.71. The van der Waals surface area contributed by atoms with Crippen molar-refractivity contribution >= 4 is 5.97 Å². The first-order valence-corrected chi connectivity index (χ1v) is 8.36. The van der Waals surface area contributed by atoms with E-state index < -0.39 is 5.97 Å². The second kappa shape index (κ2) is 6.80. The first-order chi connectivity index (χ1) is 10.7. The predicted octanol–water partition coefficient (Wildman–Crippen LogP) is 2.45. The molecule has 4 nitrogen and oxygen atoms in total. The average molecular weight is 302 g/mol. The summed E-state index contributed by atoms with van der Waals surface area (Å²) in [5.74, 6) is -0.700. The molecule has 120 valence electrons. The first kappa shape index (κ1) is 15.5. The maximum atomic E-state index is 10.8. The standard InChI is InChI=1S/C18H26N2O2/c21-17(22)15-20-12-8-18(9-13-20)6-10-19(11-7-18)14-16-4-2-1-3-5-16/h1-5H,6-15H2,(H,21,22). The zero-order chi connectivity index (χ0) is 15.4. The second-order valence-electron chi connectivity index (χ2n) is 6.93. The topological polar surface area (TPSA) is 43.8 Å². The first-order valence-electron chi connectivity index (χ1n) is 8.36. The number of nitrogens with zero attached hydrogens (tertiary/aromatic N) is 2. The highest BCUT2D eigenvalue weighted by atomic mass is 16.4. The van der Waals surface area contributed by atoms with Crippen LogP contribution >= 0.6 is 0 Å². The van der Waals surface area contributed by atoms with Crippen LogP contribution in [0.3, 0.4) is 0 Å². The van der Waals surface area contributed by atoms with Gasteiger partial charge < -0.3 is 5.11 Å². The van der Waals surface area contributed by atoms with Gasteiger partial charge in [0.2, 0.25) is 0 Å². The summed E-state index contributed by atoms with van der Waals surface area (Å²) in [6, 6.07) is 10.7.